The van der Waals surface area contributed by atoms with Crippen molar-refractivity contribution >= 4 is 5.78 Å². The Morgan fingerprint density at radius 3 is 2.53 bits per heavy atom. The largest absolute Gasteiger partial charge is 0.490 e. The quantitative estimate of drug-likeness (QED) is 0.800. The summed E-state index contributed by atoms with van der Waals surface area (Å²) < 4.78 is 5.57. The van der Waals surface area contributed by atoms with Crippen LogP contribution < -0.4 is 4.74 Å². The van der Waals surface area contributed by atoms with Crippen molar-refractivity contribution in [2.45, 2.75) is 45.8 Å². The molecular weight excluding hydrogens is 216 g/mol. The van der Waals surface area contributed by atoms with E-state index in [2.05, 4.69) is 0 Å². The predicted octanol–water partition coefficient (Wildman–Crippen LogP) is 2.82. The Bertz CT molecular complexity index is 394. The molecule has 3 heteroatoms. The number of aliphatic hydroxyl groups is 1. The number of hydrogen-bond acceptors (Lipinski definition) is 3. The van der Waals surface area contributed by atoms with Crippen molar-refractivity contribution in [2.75, 3.05) is 0 Å². The zero-order valence-corrected chi connectivity index (χ0v) is 10.9. The van der Waals surface area contributed by atoms with Crippen molar-refractivity contribution in [3.63, 3.8) is 0 Å². The van der Waals surface area contributed by atoms with Gasteiger partial charge in [0.2, 0.25) is 0 Å². The van der Waals surface area contributed by atoms with Crippen LogP contribution in [-0.2, 0) is 0 Å². The second-order valence-electron chi connectivity index (χ2n) is 4.62. The summed E-state index contributed by atoms with van der Waals surface area (Å²) in [6, 6.07) is 7.02. The van der Waals surface area contributed by atoms with Crippen LogP contribution >= 0.6 is 0 Å². The van der Waals surface area contributed by atoms with Gasteiger partial charge in [-0.25, -0.2) is 0 Å². The van der Waals surface area contributed by atoms with Crippen LogP contribution in [-0.4, -0.2) is 22.6 Å². The average Bonchev–Trinajstić information content (AvgIpc) is 2.28. The number of carbonyl (C=O) groups excluding carboxylic acids is 1. The molecule has 1 rings (SSSR count). The van der Waals surface area contributed by atoms with Gasteiger partial charge in [0.25, 0.3) is 0 Å². The third kappa shape index (κ3) is 3.30. The fourth-order valence-electron chi connectivity index (χ4n) is 1.46. The fraction of sp³-hybridized carbons (Fsp3) is 0.500. The van der Waals surface area contributed by atoms with Crippen molar-refractivity contribution in [3.8, 4) is 5.75 Å². The molecule has 17 heavy (non-hydrogen) atoms. The number of hydrogen-bond donors (Lipinski definition) is 1. The highest BCUT2D eigenvalue weighted by Crippen LogP contribution is 2.25. The Morgan fingerprint density at radius 2 is 2.00 bits per heavy atom. The number of carbonyl (C=O) groups is 1. The van der Waals surface area contributed by atoms with E-state index in [0.717, 1.165) is 0 Å². The van der Waals surface area contributed by atoms with E-state index in [-0.39, 0.29) is 11.9 Å². The number of Topliss-reactive ketones (excluding diaryl/α,β-unsaturated/α-hetero) is 1. The molecule has 0 fully saturated rings. The smallest absolute Gasteiger partial charge is 0.197 e. The van der Waals surface area contributed by atoms with E-state index in [1.165, 1.54) is 6.92 Å². The highest BCUT2D eigenvalue weighted by Gasteiger charge is 2.31. The first-order chi connectivity index (χ1) is 7.88. The van der Waals surface area contributed by atoms with Gasteiger partial charge in [0.15, 0.2) is 5.78 Å². The Morgan fingerprint density at radius 1 is 1.41 bits per heavy atom. The first-order valence-electron chi connectivity index (χ1n) is 5.91. The number of para-hydroxylation sites is 1. The van der Waals surface area contributed by atoms with Gasteiger partial charge in [-0.05, 0) is 39.3 Å². The minimum atomic E-state index is -1.34. The van der Waals surface area contributed by atoms with Gasteiger partial charge in [0.05, 0.1) is 11.7 Å². The molecule has 0 amide bonds. The highest BCUT2D eigenvalue weighted by molar-refractivity contribution is 6.04. The van der Waals surface area contributed by atoms with E-state index in [0.29, 0.717) is 17.7 Å². The molecule has 0 aliphatic carbocycles. The molecule has 0 bridgehead atoms. The SMILES string of the molecule is CCC(C)(O)C(=O)c1ccccc1OC(C)C. The maximum absolute atomic E-state index is 12.2. The minimum absolute atomic E-state index is 0.00414. The van der Waals surface area contributed by atoms with Crippen LogP contribution in [0.15, 0.2) is 24.3 Å². The van der Waals surface area contributed by atoms with E-state index in [9.17, 15) is 9.90 Å². The molecule has 1 atom stereocenters. The molecule has 1 unspecified atom stereocenters. The van der Waals surface area contributed by atoms with E-state index < -0.39 is 5.60 Å². The molecule has 3 nitrogen and oxygen atoms in total. The van der Waals surface area contributed by atoms with E-state index >= 15 is 0 Å². The number of ether oxygens (including phenoxy) is 1. The van der Waals surface area contributed by atoms with Crippen LogP contribution in [0.3, 0.4) is 0 Å². The summed E-state index contributed by atoms with van der Waals surface area (Å²) in [4.78, 5) is 12.2. The van der Waals surface area contributed by atoms with Gasteiger partial charge in [-0.2, -0.15) is 0 Å². The topological polar surface area (TPSA) is 46.5 Å². The Labute approximate surface area is 102 Å². The van der Waals surface area contributed by atoms with Gasteiger partial charge in [0, 0.05) is 0 Å². The number of benzene rings is 1. The zero-order chi connectivity index (χ0) is 13.1. The maximum atomic E-state index is 12.2. The standard InChI is InChI=1S/C14H20O3/c1-5-14(4,16)13(15)11-8-6-7-9-12(11)17-10(2)3/h6-10,16H,5H2,1-4H3. The molecule has 0 aromatic heterocycles. The third-order valence-electron chi connectivity index (χ3n) is 2.67. The molecule has 0 spiro atoms. The summed E-state index contributed by atoms with van der Waals surface area (Å²) in [5, 5.41) is 10.00. The van der Waals surface area contributed by atoms with Gasteiger partial charge in [-0.3, -0.25) is 4.79 Å². The highest BCUT2D eigenvalue weighted by atomic mass is 16.5. The van der Waals surface area contributed by atoms with Crippen molar-refractivity contribution < 1.29 is 14.6 Å². The minimum Gasteiger partial charge on any atom is -0.490 e. The summed E-state index contributed by atoms with van der Waals surface area (Å²) in [5.41, 5.74) is -0.899. The second kappa shape index (κ2) is 5.32. The van der Waals surface area contributed by atoms with Gasteiger partial charge in [-0.15, -0.1) is 0 Å². The normalized spacial score (nSPS) is 14.5. The van der Waals surface area contributed by atoms with E-state index in [1.54, 1.807) is 25.1 Å². The Kier molecular flexibility index (Phi) is 4.29. The second-order valence-corrected chi connectivity index (χ2v) is 4.62. The molecule has 0 aliphatic heterocycles. The van der Waals surface area contributed by atoms with Crippen LogP contribution in [0.1, 0.15) is 44.5 Å². The summed E-state index contributed by atoms with van der Waals surface area (Å²) >= 11 is 0. The van der Waals surface area contributed by atoms with Crippen LogP contribution in [0.4, 0.5) is 0 Å². The molecule has 0 heterocycles. The molecule has 94 valence electrons. The molecule has 1 aromatic carbocycles. The van der Waals surface area contributed by atoms with Crippen molar-refractivity contribution in [1.82, 2.24) is 0 Å². The lowest BCUT2D eigenvalue weighted by Crippen LogP contribution is -2.34. The maximum Gasteiger partial charge on any atom is 0.197 e. The van der Waals surface area contributed by atoms with Crippen LogP contribution in [0.2, 0.25) is 0 Å². The lowest BCUT2D eigenvalue weighted by Gasteiger charge is -2.22. The molecule has 0 saturated heterocycles. The zero-order valence-electron chi connectivity index (χ0n) is 10.9. The van der Waals surface area contributed by atoms with Crippen LogP contribution in [0, 0.1) is 0 Å². The molecule has 0 saturated carbocycles. The monoisotopic (exact) mass is 236 g/mol. The lowest BCUT2D eigenvalue weighted by atomic mass is 9.92. The molecule has 1 N–H and O–H groups in total. The molecular formula is C14H20O3. The molecule has 1 aromatic rings. The van der Waals surface area contributed by atoms with E-state index in [4.69, 9.17) is 4.74 Å². The van der Waals surface area contributed by atoms with Crippen molar-refractivity contribution in [1.29, 1.82) is 0 Å². The van der Waals surface area contributed by atoms with Gasteiger partial charge >= 0.3 is 0 Å². The van der Waals surface area contributed by atoms with Crippen LogP contribution in [0.5, 0.6) is 5.75 Å². The first kappa shape index (κ1) is 13.7. The number of ketones is 1. The van der Waals surface area contributed by atoms with E-state index in [1.807, 2.05) is 19.9 Å². The Hall–Kier alpha value is -1.35. The third-order valence-corrected chi connectivity index (χ3v) is 2.67. The Balaban J connectivity index is 3.09. The molecule has 0 radical (unpaired) electrons. The van der Waals surface area contributed by atoms with Crippen LogP contribution in [0.25, 0.3) is 0 Å². The predicted molar refractivity (Wildman–Crippen MR) is 67.5 cm³/mol. The van der Waals surface area contributed by atoms with Gasteiger partial charge in [0.1, 0.15) is 11.4 Å². The average molecular weight is 236 g/mol. The summed E-state index contributed by atoms with van der Waals surface area (Å²) in [5.74, 6) is 0.234. The summed E-state index contributed by atoms with van der Waals surface area (Å²) in [7, 11) is 0. The van der Waals surface area contributed by atoms with Crippen molar-refractivity contribution in [2.24, 2.45) is 0 Å². The summed E-state index contributed by atoms with van der Waals surface area (Å²) in [6.45, 7) is 7.11. The molecule has 0 aliphatic rings. The van der Waals surface area contributed by atoms with Gasteiger partial charge in [-0.1, -0.05) is 19.1 Å². The first-order valence-corrected chi connectivity index (χ1v) is 5.91. The van der Waals surface area contributed by atoms with Gasteiger partial charge < -0.3 is 9.84 Å². The van der Waals surface area contributed by atoms with Crippen molar-refractivity contribution in [3.05, 3.63) is 29.8 Å². The fourth-order valence-corrected chi connectivity index (χ4v) is 1.46. The number of rotatable bonds is 5. The lowest BCUT2D eigenvalue weighted by molar-refractivity contribution is 0.0385. The summed E-state index contributed by atoms with van der Waals surface area (Å²) in [6.07, 6.45) is 0.373.